The number of nitrogens with zero attached hydrogens (tertiary/aromatic N) is 1. The summed E-state index contributed by atoms with van der Waals surface area (Å²) in [5.41, 5.74) is 0.0405. The number of amides is 1. The van der Waals surface area contributed by atoms with E-state index in [1.165, 1.54) is 12.3 Å². The maximum absolute atomic E-state index is 12.2. The molecule has 0 unspecified atom stereocenters. The van der Waals surface area contributed by atoms with Crippen molar-refractivity contribution in [1.29, 1.82) is 0 Å². The Labute approximate surface area is 115 Å². The van der Waals surface area contributed by atoms with E-state index in [9.17, 15) is 13.6 Å². The van der Waals surface area contributed by atoms with Gasteiger partial charge in [-0.2, -0.15) is 0 Å². The summed E-state index contributed by atoms with van der Waals surface area (Å²) in [6.07, 6.45) is 0.720. The van der Waals surface area contributed by atoms with Crippen LogP contribution in [0.4, 0.5) is 8.78 Å². The van der Waals surface area contributed by atoms with E-state index < -0.39 is 18.9 Å². The average Bonchev–Trinajstić information content (AvgIpc) is 2.46. The molecule has 2 N–H and O–H groups in total. The number of rotatable bonds is 5. The summed E-state index contributed by atoms with van der Waals surface area (Å²) in [6, 6.07) is 3.03. The van der Waals surface area contributed by atoms with Gasteiger partial charge in [0.05, 0.1) is 0 Å². The first-order chi connectivity index (χ1) is 9.66. The third-order valence-electron chi connectivity index (χ3n) is 2.98. The zero-order valence-corrected chi connectivity index (χ0v) is 10.9. The summed E-state index contributed by atoms with van der Waals surface area (Å²) < 4.78 is 29.3. The van der Waals surface area contributed by atoms with Gasteiger partial charge in [-0.1, -0.05) is 0 Å². The van der Waals surface area contributed by atoms with E-state index in [0.29, 0.717) is 6.54 Å². The van der Waals surface area contributed by atoms with E-state index in [2.05, 4.69) is 15.6 Å². The van der Waals surface area contributed by atoms with Gasteiger partial charge in [0, 0.05) is 18.8 Å². The number of halogens is 2. The highest BCUT2D eigenvalue weighted by molar-refractivity contribution is 5.95. The third kappa shape index (κ3) is 4.12. The van der Waals surface area contributed by atoms with Gasteiger partial charge in [-0.05, 0) is 31.5 Å². The number of carbonyl (C=O) groups excluding carboxylic acids is 1. The highest BCUT2D eigenvalue weighted by Crippen LogP contribution is 2.16. The molecule has 0 spiro atoms. The van der Waals surface area contributed by atoms with Gasteiger partial charge in [0.1, 0.15) is 6.61 Å². The molecular weight excluding hydrogens is 268 g/mol. The van der Waals surface area contributed by atoms with Gasteiger partial charge in [0.2, 0.25) is 0 Å². The molecule has 1 fully saturated rings. The van der Waals surface area contributed by atoms with Crippen LogP contribution in [0, 0.1) is 0 Å². The molecule has 0 saturated carbocycles. The third-order valence-corrected chi connectivity index (χ3v) is 2.98. The van der Waals surface area contributed by atoms with Crippen LogP contribution in [-0.2, 0) is 0 Å². The Morgan fingerprint density at radius 3 is 3.15 bits per heavy atom. The van der Waals surface area contributed by atoms with Crippen molar-refractivity contribution in [1.82, 2.24) is 15.6 Å². The number of carbonyl (C=O) groups is 1. The molecule has 110 valence electrons. The van der Waals surface area contributed by atoms with Gasteiger partial charge >= 0.3 is 0 Å². The molecule has 7 heteroatoms. The molecule has 0 aromatic carbocycles. The first-order valence-corrected chi connectivity index (χ1v) is 6.54. The van der Waals surface area contributed by atoms with Gasteiger partial charge in [0.15, 0.2) is 11.4 Å². The van der Waals surface area contributed by atoms with Gasteiger partial charge in [-0.15, -0.1) is 0 Å². The summed E-state index contributed by atoms with van der Waals surface area (Å²) in [7, 11) is 0. The predicted molar refractivity (Wildman–Crippen MR) is 69.1 cm³/mol. The highest BCUT2D eigenvalue weighted by atomic mass is 19.3. The lowest BCUT2D eigenvalue weighted by atomic mass is 10.1. The maximum atomic E-state index is 12.2. The molecule has 1 aromatic rings. The normalized spacial score (nSPS) is 18.9. The van der Waals surface area contributed by atoms with Crippen LogP contribution < -0.4 is 15.4 Å². The van der Waals surface area contributed by atoms with Crippen LogP contribution in [0.25, 0.3) is 0 Å². The number of hydrogen-bond donors (Lipinski definition) is 2. The summed E-state index contributed by atoms with van der Waals surface area (Å²) in [5.74, 6) is -0.322. The highest BCUT2D eigenvalue weighted by Gasteiger charge is 2.20. The second-order valence-corrected chi connectivity index (χ2v) is 4.57. The lowest BCUT2D eigenvalue weighted by molar-refractivity contribution is 0.0786. The summed E-state index contributed by atoms with van der Waals surface area (Å²) in [5, 5.41) is 6.01. The Hall–Kier alpha value is -1.76. The van der Waals surface area contributed by atoms with E-state index in [4.69, 9.17) is 4.74 Å². The molecule has 2 rings (SSSR count). The van der Waals surface area contributed by atoms with Crippen molar-refractivity contribution >= 4 is 5.91 Å². The minimum absolute atomic E-state index is 0.0289. The Balaban J connectivity index is 2.00. The monoisotopic (exact) mass is 285 g/mol. The van der Waals surface area contributed by atoms with Crippen molar-refractivity contribution in [2.45, 2.75) is 25.3 Å². The smallest absolute Gasteiger partial charge is 0.274 e. The van der Waals surface area contributed by atoms with Gasteiger partial charge in [-0.25, -0.2) is 13.8 Å². The lowest BCUT2D eigenvalue weighted by Crippen LogP contribution is -2.45. The van der Waals surface area contributed by atoms with Crippen molar-refractivity contribution in [2.24, 2.45) is 0 Å². The van der Waals surface area contributed by atoms with Crippen LogP contribution in [0.1, 0.15) is 23.3 Å². The Kier molecular flexibility index (Phi) is 5.23. The number of aromatic nitrogens is 1. The Bertz CT molecular complexity index is 451. The molecule has 0 radical (unpaired) electrons. The number of alkyl halides is 2. The molecule has 0 aliphatic carbocycles. The fourth-order valence-corrected chi connectivity index (χ4v) is 2.06. The molecule has 1 amide bonds. The first kappa shape index (κ1) is 14.6. The second-order valence-electron chi connectivity index (χ2n) is 4.57. The molecule has 0 bridgehead atoms. The quantitative estimate of drug-likeness (QED) is 0.853. The van der Waals surface area contributed by atoms with E-state index in [-0.39, 0.29) is 17.5 Å². The van der Waals surface area contributed by atoms with Crippen molar-refractivity contribution < 1.29 is 18.3 Å². The molecule has 5 nitrogen and oxygen atoms in total. The van der Waals surface area contributed by atoms with E-state index >= 15 is 0 Å². The summed E-state index contributed by atoms with van der Waals surface area (Å²) in [4.78, 5) is 16.0. The largest absolute Gasteiger partial charge is 0.485 e. The van der Waals surface area contributed by atoms with Crippen LogP contribution in [0.2, 0.25) is 0 Å². The lowest BCUT2D eigenvalue weighted by Gasteiger charge is -2.23. The van der Waals surface area contributed by atoms with Crippen molar-refractivity contribution in [3.05, 3.63) is 24.0 Å². The van der Waals surface area contributed by atoms with Crippen LogP contribution in [0.15, 0.2) is 18.3 Å². The minimum atomic E-state index is -2.59. The molecule has 2 heterocycles. The van der Waals surface area contributed by atoms with Gasteiger partial charge in [0.25, 0.3) is 12.3 Å². The van der Waals surface area contributed by atoms with Crippen molar-refractivity contribution in [3.8, 4) is 5.75 Å². The standard InChI is InChI=1S/C13H17F2N3O2/c14-11(15)8-20-10-4-2-6-17-12(10)13(19)18-9-3-1-5-16-7-9/h2,4,6,9,11,16H,1,3,5,7-8H2,(H,18,19)/t9-/m0/s1. The maximum Gasteiger partial charge on any atom is 0.274 e. The summed E-state index contributed by atoms with van der Waals surface area (Å²) in [6.45, 7) is 0.890. The number of piperidine rings is 1. The second kappa shape index (κ2) is 7.14. The SMILES string of the molecule is O=C(N[C@H]1CCCNC1)c1ncccc1OCC(F)F. The Morgan fingerprint density at radius 1 is 1.60 bits per heavy atom. The predicted octanol–water partition coefficient (Wildman–Crippen LogP) is 1.21. The van der Waals surface area contributed by atoms with E-state index in [1.54, 1.807) is 6.07 Å². The number of hydrogen-bond acceptors (Lipinski definition) is 4. The first-order valence-electron chi connectivity index (χ1n) is 6.54. The van der Waals surface area contributed by atoms with E-state index in [0.717, 1.165) is 19.4 Å². The fraction of sp³-hybridized carbons (Fsp3) is 0.538. The minimum Gasteiger partial charge on any atom is -0.485 e. The number of nitrogens with one attached hydrogen (secondary N) is 2. The van der Waals surface area contributed by atoms with E-state index in [1.807, 2.05) is 0 Å². The van der Waals surface area contributed by atoms with Crippen LogP contribution in [0.3, 0.4) is 0 Å². The summed E-state index contributed by atoms with van der Waals surface area (Å²) >= 11 is 0. The fourth-order valence-electron chi connectivity index (χ4n) is 2.06. The average molecular weight is 285 g/mol. The molecule has 1 saturated heterocycles. The number of ether oxygens (including phenoxy) is 1. The Morgan fingerprint density at radius 2 is 2.45 bits per heavy atom. The van der Waals surface area contributed by atoms with Crippen molar-refractivity contribution in [2.75, 3.05) is 19.7 Å². The van der Waals surface area contributed by atoms with Gasteiger partial charge < -0.3 is 15.4 Å². The molecule has 1 atom stereocenters. The van der Waals surface area contributed by atoms with Gasteiger partial charge in [-0.3, -0.25) is 4.79 Å². The van der Waals surface area contributed by atoms with Crippen LogP contribution >= 0.6 is 0 Å². The van der Waals surface area contributed by atoms with Crippen molar-refractivity contribution in [3.63, 3.8) is 0 Å². The molecular formula is C13H17F2N3O2. The molecule has 1 aliphatic heterocycles. The van der Waals surface area contributed by atoms with Crippen LogP contribution in [-0.4, -0.2) is 43.1 Å². The molecule has 20 heavy (non-hydrogen) atoms. The molecule has 1 aliphatic rings. The zero-order valence-electron chi connectivity index (χ0n) is 10.9. The zero-order chi connectivity index (χ0) is 14.4. The molecule has 1 aromatic heterocycles. The topological polar surface area (TPSA) is 63.2 Å². The number of pyridine rings is 1. The van der Waals surface area contributed by atoms with Crippen LogP contribution in [0.5, 0.6) is 5.75 Å².